The van der Waals surface area contributed by atoms with Crippen LogP contribution < -0.4 is 15.4 Å². The molecule has 1 atom stereocenters. The van der Waals surface area contributed by atoms with Gasteiger partial charge in [-0.3, -0.25) is 10.1 Å². The predicted molar refractivity (Wildman–Crippen MR) is 93.9 cm³/mol. The fourth-order valence-electron chi connectivity index (χ4n) is 2.08. The van der Waals surface area contributed by atoms with Gasteiger partial charge < -0.3 is 15.4 Å². The zero-order chi connectivity index (χ0) is 16.8. The summed E-state index contributed by atoms with van der Waals surface area (Å²) in [6.07, 6.45) is 0. The van der Waals surface area contributed by atoms with Crippen LogP contribution >= 0.6 is 12.2 Å². The second kappa shape index (κ2) is 7.55. The Bertz CT molecular complexity index is 707. The fourth-order valence-corrected chi connectivity index (χ4v) is 2.36. The van der Waals surface area contributed by atoms with Crippen LogP contribution in [0.3, 0.4) is 0 Å². The van der Waals surface area contributed by atoms with Crippen LogP contribution in [-0.2, 0) is 0 Å². The van der Waals surface area contributed by atoms with E-state index < -0.39 is 4.92 Å². The molecule has 0 aliphatic carbocycles. The van der Waals surface area contributed by atoms with Crippen LogP contribution in [0, 0.1) is 10.1 Å². The molecule has 0 fully saturated rings. The number of methoxy groups -OCH3 is 1. The lowest BCUT2D eigenvalue weighted by atomic mass is 10.1. The Morgan fingerprint density at radius 1 is 1.26 bits per heavy atom. The van der Waals surface area contributed by atoms with Crippen LogP contribution in [0.25, 0.3) is 0 Å². The normalized spacial score (nSPS) is 11.4. The number of nitrogens with one attached hydrogen (secondary N) is 2. The molecule has 0 aliphatic heterocycles. The molecule has 2 N–H and O–H groups in total. The molecule has 0 radical (unpaired) electrons. The first-order valence-corrected chi connectivity index (χ1v) is 7.37. The molecule has 0 aliphatic rings. The van der Waals surface area contributed by atoms with Crippen molar-refractivity contribution in [3.8, 4) is 5.75 Å². The van der Waals surface area contributed by atoms with Gasteiger partial charge in [0.15, 0.2) is 5.11 Å². The zero-order valence-corrected chi connectivity index (χ0v) is 13.6. The van der Waals surface area contributed by atoms with E-state index in [9.17, 15) is 10.1 Å². The molecule has 0 saturated heterocycles. The molecule has 7 heteroatoms. The number of anilines is 1. The van der Waals surface area contributed by atoms with Crippen molar-refractivity contribution in [2.75, 3.05) is 12.4 Å². The molecule has 0 aromatic heterocycles. The number of nitro benzene ring substituents is 1. The molecule has 2 rings (SSSR count). The number of rotatable bonds is 5. The van der Waals surface area contributed by atoms with Gasteiger partial charge in [0.2, 0.25) is 0 Å². The SMILES string of the molecule is COc1cc([N+](=O)[O-])ccc1NC(=S)N[C@@H](C)c1ccccc1. The topological polar surface area (TPSA) is 76.4 Å². The Hall–Kier alpha value is -2.67. The Kier molecular flexibility index (Phi) is 5.48. The van der Waals surface area contributed by atoms with Crippen molar-refractivity contribution in [3.63, 3.8) is 0 Å². The van der Waals surface area contributed by atoms with E-state index in [1.807, 2.05) is 37.3 Å². The second-order valence-corrected chi connectivity index (χ2v) is 5.28. The molecular formula is C16H17N3O3S. The van der Waals surface area contributed by atoms with Crippen molar-refractivity contribution in [1.29, 1.82) is 0 Å². The number of benzene rings is 2. The van der Waals surface area contributed by atoms with Gasteiger partial charge in [-0.25, -0.2) is 0 Å². The Morgan fingerprint density at radius 3 is 2.57 bits per heavy atom. The van der Waals surface area contributed by atoms with E-state index in [0.717, 1.165) is 5.56 Å². The van der Waals surface area contributed by atoms with Crippen molar-refractivity contribution in [3.05, 3.63) is 64.2 Å². The van der Waals surface area contributed by atoms with E-state index in [1.165, 1.54) is 19.2 Å². The summed E-state index contributed by atoms with van der Waals surface area (Å²) in [4.78, 5) is 10.3. The maximum absolute atomic E-state index is 10.8. The third kappa shape index (κ3) is 4.40. The average Bonchev–Trinajstić information content (AvgIpc) is 2.55. The number of hydrogen-bond acceptors (Lipinski definition) is 4. The van der Waals surface area contributed by atoms with E-state index in [-0.39, 0.29) is 11.7 Å². The van der Waals surface area contributed by atoms with Gasteiger partial charge in [0.25, 0.3) is 5.69 Å². The quantitative estimate of drug-likeness (QED) is 0.495. The highest BCUT2D eigenvalue weighted by molar-refractivity contribution is 7.80. The van der Waals surface area contributed by atoms with E-state index in [1.54, 1.807) is 6.07 Å². The van der Waals surface area contributed by atoms with Crippen LogP contribution in [0.2, 0.25) is 0 Å². The fraction of sp³-hybridized carbons (Fsp3) is 0.188. The van der Waals surface area contributed by atoms with Gasteiger partial charge in [0.1, 0.15) is 5.75 Å². The highest BCUT2D eigenvalue weighted by atomic mass is 32.1. The number of non-ortho nitro benzene ring substituents is 1. The number of ether oxygens (including phenoxy) is 1. The Labute approximate surface area is 139 Å². The summed E-state index contributed by atoms with van der Waals surface area (Å²) in [6.45, 7) is 2.00. The predicted octanol–water partition coefficient (Wildman–Crippen LogP) is 3.65. The van der Waals surface area contributed by atoms with E-state index in [2.05, 4.69) is 10.6 Å². The minimum Gasteiger partial charge on any atom is -0.494 e. The summed E-state index contributed by atoms with van der Waals surface area (Å²) in [5.41, 5.74) is 1.63. The largest absolute Gasteiger partial charge is 0.494 e. The Morgan fingerprint density at radius 2 is 1.96 bits per heavy atom. The van der Waals surface area contributed by atoms with Crippen molar-refractivity contribution in [2.24, 2.45) is 0 Å². The Balaban J connectivity index is 2.07. The van der Waals surface area contributed by atoms with Gasteiger partial charge in [0, 0.05) is 6.07 Å². The molecule has 6 nitrogen and oxygen atoms in total. The van der Waals surface area contributed by atoms with Gasteiger partial charge in [0.05, 0.1) is 29.8 Å². The minimum atomic E-state index is -0.472. The summed E-state index contributed by atoms with van der Waals surface area (Å²) in [5.74, 6) is 0.357. The van der Waals surface area contributed by atoms with Gasteiger partial charge >= 0.3 is 0 Å². The first-order chi connectivity index (χ1) is 11.0. The zero-order valence-electron chi connectivity index (χ0n) is 12.8. The van der Waals surface area contributed by atoms with Crippen LogP contribution in [0.5, 0.6) is 5.75 Å². The third-order valence-electron chi connectivity index (χ3n) is 3.29. The number of hydrogen-bond donors (Lipinski definition) is 2. The summed E-state index contributed by atoms with van der Waals surface area (Å²) < 4.78 is 5.17. The van der Waals surface area contributed by atoms with Gasteiger partial charge in [-0.15, -0.1) is 0 Å². The van der Waals surface area contributed by atoms with Crippen LogP contribution in [-0.4, -0.2) is 17.1 Å². The monoisotopic (exact) mass is 331 g/mol. The van der Waals surface area contributed by atoms with Gasteiger partial charge in [-0.05, 0) is 30.8 Å². The molecule has 0 unspecified atom stereocenters. The lowest BCUT2D eigenvalue weighted by molar-refractivity contribution is -0.384. The molecule has 23 heavy (non-hydrogen) atoms. The standard InChI is InChI=1S/C16H17N3O3S/c1-11(12-6-4-3-5-7-12)17-16(23)18-14-9-8-13(19(20)21)10-15(14)22-2/h3-11H,1-2H3,(H2,17,18,23)/t11-/m0/s1. The summed E-state index contributed by atoms with van der Waals surface area (Å²) in [5, 5.41) is 17.4. The minimum absolute atomic E-state index is 0.0280. The van der Waals surface area contributed by atoms with E-state index >= 15 is 0 Å². The molecule has 120 valence electrons. The third-order valence-corrected chi connectivity index (χ3v) is 3.51. The van der Waals surface area contributed by atoms with Crippen molar-refractivity contribution < 1.29 is 9.66 Å². The molecule has 0 heterocycles. The van der Waals surface area contributed by atoms with Crippen LogP contribution in [0.1, 0.15) is 18.5 Å². The molecule has 0 bridgehead atoms. The average molecular weight is 331 g/mol. The van der Waals surface area contributed by atoms with Crippen LogP contribution in [0.15, 0.2) is 48.5 Å². The summed E-state index contributed by atoms with van der Waals surface area (Å²) in [7, 11) is 1.45. The molecule has 2 aromatic carbocycles. The molecule has 0 saturated carbocycles. The molecular weight excluding hydrogens is 314 g/mol. The second-order valence-electron chi connectivity index (χ2n) is 4.87. The smallest absolute Gasteiger partial charge is 0.273 e. The maximum atomic E-state index is 10.8. The number of thiocarbonyl (C=S) groups is 1. The first-order valence-electron chi connectivity index (χ1n) is 6.96. The maximum Gasteiger partial charge on any atom is 0.273 e. The molecule has 0 spiro atoms. The number of nitrogens with zero attached hydrogens (tertiary/aromatic N) is 1. The lowest BCUT2D eigenvalue weighted by Crippen LogP contribution is -2.31. The molecule has 2 aromatic rings. The molecule has 0 amide bonds. The van der Waals surface area contributed by atoms with Crippen molar-refractivity contribution in [1.82, 2.24) is 5.32 Å². The number of nitro groups is 1. The van der Waals surface area contributed by atoms with Crippen molar-refractivity contribution in [2.45, 2.75) is 13.0 Å². The van der Waals surface area contributed by atoms with E-state index in [4.69, 9.17) is 17.0 Å². The van der Waals surface area contributed by atoms with Gasteiger partial charge in [-0.1, -0.05) is 30.3 Å². The van der Waals surface area contributed by atoms with Crippen molar-refractivity contribution >= 4 is 28.7 Å². The van der Waals surface area contributed by atoms with Gasteiger partial charge in [-0.2, -0.15) is 0 Å². The summed E-state index contributed by atoms with van der Waals surface area (Å²) in [6, 6.07) is 14.2. The van der Waals surface area contributed by atoms with E-state index in [0.29, 0.717) is 16.5 Å². The highest BCUT2D eigenvalue weighted by Gasteiger charge is 2.13. The first kappa shape index (κ1) is 16.7. The highest BCUT2D eigenvalue weighted by Crippen LogP contribution is 2.29. The van der Waals surface area contributed by atoms with Crippen LogP contribution in [0.4, 0.5) is 11.4 Å². The lowest BCUT2D eigenvalue weighted by Gasteiger charge is -2.18. The summed E-state index contributed by atoms with van der Waals surface area (Å²) >= 11 is 5.29.